The zero-order valence-corrected chi connectivity index (χ0v) is 9.47. The Hall–Kier alpha value is -0.0831. The summed E-state index contributed by atoms with van der Waals surface area (Å²) in [5, 5.41) is 0. The molecule has 1 nitrogen and oxygen atoms in total. The Bertz CT molecular complexity index is 152. The van der Waals surface area contributed by atoms with Gasteiger partial charge >= 0.3 is 0 Å². The lowest BCUT2D eigenvalue weighted by molar-refractivity contribution is 0.0786. The molecule has 1 aliphatic heterocycles. The molecule has 70 valence electrons. The highest BCUT2D eigenvalue weighted by molar-refractivity contribution is 6.80. The number of hydrogen-bond acceptors (Lipinski definition) is 1. The van der Waals surface area contributed by atoms with Crippen molar-refractivity contribution in [1.82, 2.24) is 0 Å². The highest BCUT2D eigenvalue weighted by Gasteiger charge is 2.12. The van der Waals surface area contributed by atoms with Gasteiger partial charge in [0.1, 0.15) is 0 Å². The van der Waals surface area contributed by atoms with Crippen LogP contribution in [0.4, 0.5) is 0 Å². The second-order valence-corrected chi connectivity index (χ2v) is 9.74. The van der Waals surface area contributed by atoms with E-state index in [4.69, 9.17) is 4.74 Å². The number of ether oxygens (including phenoxy) is 1. The van der Waals surface area contributed by atoms with Crippen LogP contribution >= 0.6 is 0 Å². The van der Waals surface area contributed by atoms with E-state index in [9.17, 15) is 0 Å². The molecule has 12 heavy (non-hydrogen) atoms. The standard InChI is InChI=1S/C10H20OSi/c1-12(2,3)9-6-10-4-7-11-8-5-10/h6,9-10H,4-5,7-8H2,1-3H3. The van der Waals surface area contributed by atoms with Crippen molar-refractivity contribution in [3.8, 4) is 0 Å². The van der Waals surface area contributed by atoms with E-state index in [1.165, 1.54) is 12.8 Å². The molecule has 0 spiro atoms. The van der Waals surface area contributed by atoms with E-state index < -0.39 is 8.07 Å². The lowest BCUT2D eigenvalue weighted by atomic mass is 10.0. The molecule has 0 aromatic rings. The Morgan fingerprint density at radius 2 is 1.75 bits per heavy atom. The second-order valence-electron chi connectivity index (χ2n) is 4.67. The van der Waals surface area contributed by atoms with Crippen molar-refractivity contribution < 1.29 is 4.74 Å². The Labute approximate surface area is 76.8 Å². The van der Waals surface area contributed by atoms with E-state index in [-0.39, 0.29) is 0 Å². The normalized spacial score (nSPS) is 21.9. The van der Waals surface area contributed by atoms with E-state index in [0.717, 1.165) is 19.1 Å². The third-order valence-electron chi connectivity index (χ3n) is 2.13. The summed E-state index contributed by atoms with van der Waals surface area (Å²) in [6.07, 6.45) is 4.87. The molecule has 0 unspecified atom stereocenters. The first-order valence-corrected chi connectivity index (χ1v) is 8.43. The Kier molecular flexibility index (Phi) is 3.53. The molecule has 0 aromatic carbocycles. The first kappa shape index (κ1) is 10.0. The molecule has 1 fully saturated rings. The van der Waals surface area contributed by atoms with Crippen molar-refractivity contribution in [3.05, 3.63) is 11.8 Å². The molecule has 0 saturated carbocycles. The molecule has 0 aliphatic carbocycles. The van der Waals surface area contributed by atoms with Crippen LogP contribution in [0.25, 0.3) is 0 Å². The van der Waals surface area contributed by atoms with E-state index in [2.05, 4.69) is 31.4 Å². The highest BCUT2D eigenvalue weighted by Crippen LogP contribution is 2.17. The third kappa shape index (κ3) is 4.07. The van der Waals surface area contributed by atoms with Crippen LogP contribution in [0.15, 0.2) is 11.8 Å². The van der Waals surface area contributed by atoms with Crippen molar-refractivity contribution >= 4 is 8.07 Å². The number of hydrogen-bond donors (Lipinski definition) is 0. The van der Waals surface area contributed by atoms with Gasteiger partial charge in [-0.2, -0.15) is 0 Å². The molecule has 2 heteroatoms. The van der Waals surface area contributed by atoms with Crippen molar-refractivity contribution in [2.45, 2.75) is 32.5 Å². The lowest BCUT2D eigenvalue weighted by Crippen LogP contribution is -2.18. The van der Waals surface area contributed by atoms with Crippen molar-refractivity contribution in [1.29, 1.82) is 0 Å². The minimum Gasteiger partial charge on any atom is -0.381 e. The van der Waals surface area contributed by atoms with E-state index >= 15 is 0 Å². The van der Waals surface area contributed by atoms with E-state index in [0.29, 0.717) is 0 Å². The van der Waals surface area contributed by atoms with Gasteiger partial charge in [-0.25, -0.2) is 0 Å². The predicted octanol–water partition coefficient (Wildman–Crippen LogP) is 2.85. The summed E-state index contributed by atoms with van der Waals surface area (Å²) < 4.78 is 5.31. The smallest absolute Gasteiger partial charge is 0.0682 e. The van der Waals surface area contributed by atoms with Gasteiger partial charge in [0.15, 0.2) is 0 Å². The molecule has 1 heterocycles. The third-order valence-corrected chi connectivity index (χ3v) is 3.33. The van der Waals surface area contributed by atoms with Gasteiger partial charge in [0, 0.05) is 13.2 Å². The summed E-state index contributed by atoms with van der Waals surface area (Å²) in [5.41, 5.74) is 2.46. The van der Waals surface area contributed by atoms with Gasteiger partial charge in [-0.1, -0.05) is 31.4 Å². The zero-order chi connectivity index (χ0) is 9.03. The van der Waals surface area contributed by atoms with Crippen LogP contribution in [0.5, 0.6) is 0 Å². The maximum absolute atomic E-state index is 5.31. The highest BCUT2D eigenvalue weighted by atomic mass is 28.3. The predicted molar refractivity (Wildman–Crippen MR) is 56.0 cm³/mol. The summed E-state index contributed by atoms with van der Waals surface area (Å²) in [5.74, 6) is 0.797. The maximum atomic E-state index is 5.31. The topological polar surface area (TPSA) is 9.23 Å². The van der Waals surface area contributed by atoms with Crippen LogP contribution in [0.3, 0.4) is 0 Å². The fourth-order valence-corrected chi connectivity index (χ4v) is 2.18. The van der Waals surface area contributed by atoms with Crippen LogP contribution in [0.2, 0.25) is 19.6 Å². The zero-order valence-electron chi connectivity index (χ0n) is 8.47. The monoisotopic (exact) mass is 184 g/mol. The molecule has 0 amide bonds. The maximum Gasteiger partial charge on any atom is 0.0682 e. The molecule has 0 atom stereocenters. The fourth-order valence-electron chi connectivity index (χ4n) is 1.33. The van der Waals surface area contributed by atoms with Gasteiger partial charge < -0.3 is 4.74 Å². The molecule has 1 aliphatic rings. The van der Waals surface area contributed by atoms with Crippen LogP contribution in [-0.2, 0) is 4.74 Å². The summed E-state index contributed by atoms with van der Waals surface area (Å²) >= 11 is 0. The van der Waals surface area contributed by atoms with Crippen molar-refractivity contribution in [2.75, 3.05) is 13.2 Å². The average molecular weight is 184 g/mol. The van der Waals surface area contributed by atoms with Crippen LogP contribution in [0, 0.1) is 5.92 Å². The Balaban J connectivity index is 2.33. The molecule has 0 N–H and O–H groups in total. The fraction of sp³-hybridized carbons (Fsp3) is 0.800. The summed E-state index contributed by atoms with van der Waals surface area (Å²) in [6.45, 7) is 9.05. The van der Waals surface area contributed by atoms with Gasteiger partial charge in [-0.15, -0.1) is 0 Å². The van der Waals surface area contributed by atoms with Gasteiger partial charge in [0.2, 0.25) is 0 Å². The van der Waals surface area contributed by atoms with Crippen LogP contribution in [0.1, 0.15) is 12.8 Å². The van der Waals surface area contributed by atoms with Gasteiger partial charge in [-0.3, -0.25) is 0 Å². The molecular weight excluding hydrogens is 164 g/mol. The molecule has 0 bridgehead atoms. The summed E-state index contributed by atoms with van der Waals surface area (Å²) in [6, 6.07) is 0. The number of rotatable bonds is 2. The molecule has 1 saturated heterocycles. The quantitative estimate of drug-likeness (QED) is 0.600. The summed E-state index contributed by atoms with van der Waals surface area (Å²) in [7, 11) is -0.963. The van der Waals surface area contributed by atoms with Gasteiger partial charge in [0.05, 0.1) is 8.07 Å². The summed E-state index contributed by atoms with van der Waals surface area (Å²) in [4.78, 5) is 0. The van der Waals surface area contributed by atoms with E-state index in [1.54, 1.807) is 0 Å². The first-order chi connectivity index (χ1) is 5.58. The SMILES string of the molecule is C[Si](C)(C)C=CC1CCOCC1. The van der Waals surface area contributed by atoms with Crippen molar-refractivity contribution in [3.63, 3.8) is 0 Å². The van der Waals surface area contributed by atoms with E-state index in [1.807, 2.05) is 0 Å². The van der Waals surface area contributed by atoms with Crippen LogP contribution in [-0.4, -0.2) is 21.3 Å². The van der Waals surface area contributed by atoms with Gasteiger partial charge in [-0.05, 0) is 18.8 Å². The first-order valence-electron chi connectivity index (χ1n) is 4.85. The molecule has 0 aromatic heterocycles. The number of allylic oxidation sites excluding steroid dienone is 1. The molecule has 1 rings (SSSR count). The molecular formula is C10H20OSi. The largest absolute Gasteiger partial charge is 0.381 e. The van der Waals surface area contributed by atoms with Crippen molar-refractivity contribution in [2.24, 2.45) is 5.92 Å². The minimum absolute atomic E-state index is 0.797. The van der Waals surface area contributed by atoms with Gasteiger partial charge in [0.25, 0.3) is 0 Å². The Morgan fingerprint density at radius 3 is 2.25 bits per heavy atom. The molecule has 0 radical (unpaired) electrons. The lowest BCUT2D eigenvalue weighted by Gasteiger charge is -2.20. The average Bonchev–Trinajstić information content (AvgIpc) is 2.02. The second kappa shape index (κ2) is 4.24. The van der Waals surface area contributed by atoms with Crippen LogP contribution < -0.4 is 0 Å². The minimum atomic E-state index is -0.963. The Morgan fingerprint density at radius 1 is 1.17 bits per heavy atom.